The summed E-state index contributed by atoms with van der Waals surface area (Å²) in [6.07, 6.45) is 4.64. The number of nitrogens with two attached hydrogens (primary N) is 1. The largest absolute Gasteiger partial charge is 0.329 e. The van der Waals surface area contributed by atoms with Gasteiger partial charge in [0.15, 0.2) is 0 Å². The molecule has 1 aliphatic rings. The van der Waals surface area contributed by atoms with Crippen LogP contribution in [0.4, 0.5) is 0 Å². The average molecular weight is 206 g/mol. The van der Waals surface area contributed by atoms with E-state index in [0.717, 1.165) is 24.7 Å². The Morgan fingerprint density at radius 1 is 1.67 bits per heavy atom. The van der Waals surface area contributed by atoms with Crippen LogP contribution >= 0.6 is 0 Å². The summed E-state index contributed by atoms with van der Waals surface area (Å²) in [5, 5.41) is 0. The minimum atomic E-state index is 0.262. The van der Waals surface area contributed by atoms with Gasteiger partial charge >= 0.3 is 0 Å². The van der Waals surface area contributed by atoms with E-state index < -0.39 is 0 Å². The van der Waals surface area contributed by atoms with Crippen LogP contribution in [0.5, 0.6) is 0 Å². The van der Waals surface area contributed by atoms with Crippen LogP contribution in [-0.2, 0) is 0 Å². The summed E-state index contributed by atoms with van der Waals surface area (Å²) in [7, 11) is 0. The molecule has 1 aromatic heterocycles. The van der Waals surface area contributed by atoms with Crippen LogP contribution in [-0.4, -0.2) is 34.5 Å². The minimum Gasteiger partial charge on any atom is -0.329 e. The van der Waals surface area contributed by atoms with E-state index in [-0.39, 0.29) is 6.04 Å². The van der Waals surface area contributed by atoms with Gasteiger partial charge in [-0.3, -0.25) is 4.90 Å². The van der Waals surface area contributed by atoms with E-state index in [9.17, 15) is 0 Å². The Bertz CT molecular complexity index is 301. The topological polar surface area (TPSA) is 55.0 Å². The van der Waals surface area contributed by atoms with Crippen molar-refractivity contribution in [2.45, 2.75) is 19.4 Å². The standard InChI is InChI=1S/C11H18N4/c1-9-3-5-15(7-9)11(6-12)10-2-4-13-8-14-10/h2,4,8-9,11H,3,5-7,12H2,1H3. The van der Waals surface area contributed by atoms with Gasteiger partial charge in [-0.15, -0.1) is 0 Å². The molecule has 4 heteroatoms. The molecule has 4 nitrogen and oxygen atoms in total. The van der Waals surface area contributed by atoms with Gasteiger partial charge < -0.3 is 5.73 Å². The fraction of sp³-hybridized carbons (Fsp3) is 0.636. The first kappa shape index (κ1) is 10.5. The Kier molecular flexibility index (Phi) is 3.28. The van der Waals surface area contributed by atoms with Gasteiger partial charge in [-0.25, -0.2) is 9.97 Å². The zero-order valence-electron chi connectivity index (χ0n) is 9.13. The van der Waals surface area contributed by atoms with E-state index >= 15 is 0 Å². The van der Waals surface area contributed by atoms with Crippen LogP contribution < -0.4 is 5.73 Å². The second kappa shape index (κ2) is 4.68. The zero-order valence-corrected chi connectivity index (χ0v) is 9.13. The third-order valence-corrected chi connectivity index (χ3v) is 3.07. The van der Waals surface area contributed by atoms with Gasteiger partial charge in [-0.1, -0.05) is 6.92 Å². The molecule has 1 aliphatic heterocycles. The van der Waals surface area contributed by atoms with E-state index in [2.05, 4.69) is 21.8 Å². The van der Waals surface area contributed by atoms with Crippen molar-refractivity contribution < 1.29 is 0 Å². The number of aromatic nitrogens is 2. The molecule has 0 aliphatic carbocycles. The Labute approximate surface area is 90.5 Å². The van der Waals surface area contributed by atoms with Gasteiger partial charge in [0.05, 0.1) is 11.7 Å². The van der Waals surface area contributed by atoms with Crippen molar-refractivity contribution >= 4 is 0 Å². The van der Waals surface area contributed by atoms with E-state index in [1.807, 2.05) is 6.07 Å². The molecule has 0 spiro atoms. The van der Waals surface area contributed by atoms with Crippen LogP contribution in [0.2, 0.25) is 0 Å². The molecule has 82 valence electrons. The fourth-order valence-corrected chi connectivity index (χ4v) is 2.21. The highest BCUT2D eigenvalue weighted by Crippen LogP contribution is 2.25. The van der Waals surface area contributed by atoms with Crippen molar-refractivity contribution in [3.63, 3.8) is 0 Å². The van der Waals surface area contributed by atoms with Crippen LogP contribution in [0.1, 0.15) is 25.1 Å². The van der Waals surface area contributed by atoms with Crippen LogP contribution in [0.15, 0.2) is 18.6 Å². The van der Waals surface area contributed by atoms with Crippen molar-refractivity contribution in [3.05, 3.63) is 24.3 Å². The summed E-state index contributed by atoms with van der Waals surface area (Å²) in [6.45, 7) is 5.18. The first-order valence-electron chi connectivity index (χ1n) is 5.51. The number of hydrogen-bond donors (Lipinski definition) is 1. The van der Waals surface area contributed by atoms with Gasteiger partial charge in [0.25, 0.3) is 0 Å². The molecule has 1 aromatic rings. The molecule has 2 atom stereocenters. The van der Waals surface area contributed by atoms with Crippen LogP contribution in [0.3, 0.4) is 0 Å². The Morgan fingerprint density at radius 3 is 3.07 bits per heavy atom. The molecule has 0 radical (unpaired) electrons. The molecule has 2 heterocycles. The molecule has 0 saturated carbocycles. The smallest absolute Gasteiger partial charge is 0.115 e. The maximum absolute atomic E-state index is 5.83. The van der Waals surface area contributed by atoms with Crippen molar-refractivity contribution in [3.8, 4) is 0 Å². The number of rotatable bonds is 3. The van der Waals surface area contributed by atoms with E-state index in [0.29, 0.717) is 6.54 Å². The highest BCUT2D eigenvalue weighted by molar-refractivity contribution is 5.06. The first-order valence-corrected chi connectivity index (χ1v) is 5.51. The summed E-state index contributed by atoms with van der Waals surface area (Å²) in [5.41, 5.74) is 6.87. The molecular formula is C11H18N4. The molecule has 15 heavy (non-hydrogen) atoms. The van der Waals surface area contributed by atoms with Crippen LogP contribution in [0, 0.1) is 5.92 Å². The normalized spacial score (nSPS) is 24.3. The van der Waals surface area contributed by atoms with Gasteiger partial charge in [0.2, 0.25) is 0 Å². The fourth-order valence-electron chi connectivity index (χ4n) is 2.21. The molecular weight excluding hydrogens is 188 g/mol. The van der Waals surface area contributed by atoms with Gasteiger partial charge in [0.1, 0.15) is 6.33 Å². The Morgan fingerprint density at radius 2 is 2.53 bits per heavy atom. The number of nitrogens with zero attached hydrogens (tertiary/aromatic N) is 3. The number of hydrogen-bond acceptors (Lipinski definition) is 4. The lowest BCUT2D eigenvalue weighted by molar-refractivity contribution is 0.239. The summed E-state index contributed by atoms with van der Waals surface area (Å²) in [6, 6.07) is 2.22. The molecule has 0 aromatic carbocycles. The maximum atomic E-state index is 5.83. The van der Waals surface area contributed by atoms with Crippen molar-refractivity contribution in [1.29, 1.82) is 0 Å². The lowest BCUT2D eigenvalue weighted by atomic mass is 10.1. The molecule has 1 saturated heterocycles. The predicted octanol–water partition coefficient (Wildman–Crippen LogP) is 0.818. The van der Waals surface area contributed by atoms with E-state index in [1.165, 1.54) is 6.42 Å². The Hall–Kier alpha value is -1.00. The third-order valence-electron chi connectivity index (χ3n) is 3.07. The average Bonchev–Trinajstić information content (AvgIpc) is 2.68. The second-order valence-corrected chi connectivity index (χ2v) is 4.27. The SMILES string of the molecule is CC1CCN(C(CN)c2ccncn2)C1. The molecule has 0 bridgehead atoms. The minimum absolute atomic E-state index is 0.262. The van der Waals surface area contributed by atoms with Crippen molar-refractivity contribution in [1.82, 2.24) is 14.9 Å². The maximum Gasteiger partial charge on any atom is 0.115 e. The van der Waals surface area contributed by atoms with E-state index in [1.54, 1.807) is 12.5 Å². The summed E-state index contributed by atoms with van der Waals surface area (Å²) < 4.78 is 0. The quantitative estimate of drug-likeness (QED) is 0.795. The first-order chi connectivity index (χ1) is 7.31. The highest BCUT2D eigenvalue weighted by atomic mass is 15.2. The Balaban J connectivity index is 2.11. The molecule has 2 unspecified atom stereocenters. The number of likely N-dealkylation sites (tertiary alicyclic amines) is 1. The van der Waals surface area contributed by atoms with Gasteiger partial charge in [-0.05, 0) is 24.9 Å². The van der Waals surface area contributed by atoms with Gasteiger partial charge in [-0.2, -0.15) is 0 Å². The second-order valence-electron chi connectivity index (χ2n) is 4.27. The van der Waals surface area contributed by atoms with Gasteiger partial charge in [0, 0.05) is 19.3 Å². The van der Waals surface area contributed by atoms with Crippen molar-refractivity contribution in [2.24, 2.45) is 11.7 Å². The molecule has 2 rings (SSSR count). The summed E-state index contributed by atoms with van der Waals surface area (Å²) >= 11 is 0. The van der Waals surface area contributed by atoms with E-state index in [4.69, 9.17) is 5.73 Å². The summed E-state index contributed by atoms with van der Waals surface area (Å²) in [4.78, 5) is 10.6. The lowest BCUT2D eigenvalue weighted by Crippen LogP contribution is -2.32. The monoisotopic (exact) mass is 206 g/mol. The molecule has 0 amide bonds. The summed E-state index contributed by atoms with van der Waals surface area (Å²) in [5.74, 6) is 0.779. The highest BCUT2D eigenvalue weighted by Gasteiger charge is 2.26. The molecule has 1 fully saturated rings. The lowest BCUT2D eigenvalue weighted by Gasteiger charge is -2.25. The van der Waals surface area contributed by atoms with Crippen LogP contribution in [0.25, 0.3) is 0 Å². The van der Waals surface area contributed by atoms with Crippen molar-refractivity contribution in [2.75, 3.05) is 19.6 Å². The zero-order chi connectivity index (χ0) is 10.7. The predicted molar refractivity (Wildman–Crippen MR) is 59.2 cm³/mol. The molecule has 2 N–H and O–H groups in total. The third kappa shape index (κ3) is 2.33.